The number of carbonyl (C=O) groups is 2. The molecule has 0 unspecified atom stereocenters. The van der Waals surface area contributed by atoms with Crippen molar-refractivity contribution in [3.8, 4) is 0 Å². The highest BCUT2D eigenvalue weighted by Gasteiger charge is 2.25. The normalized spacial score (nSPS) is 16.1. The molecule has 0 aliphatic heterocycles. The fourth-order valence-corrected chi connectivity index (χ4v) is 2.91. The van der Waals surface area contributed by atoms with Crippen LogP contribution in [-0.2, 0) is 17.6 Å². The molecule has 4 heteroatoms. The maximum absolute atomic E-state index is 12.2. The van der Waals surface area contributed by atoms with E-state index in [1.54, 1.807) is 12.1 Å². The quantitative estimate of drug-likeness (QED) is 0.911. The Morgan fingerprint density at radius 1 is 1.14 bits per heavy atom. The first-order valence-electron chi connectivity index (χ1n) is 7.33. The molecule has 2 aromatic carbocycles. The van der Waals surface area contributed by atoms with Gasteiger partial charge in [-0.2, -0.15) is 0 Å². The highest BCUT2D eigenvalue weighted by atomic mass is 16.4. The molecule has 22 heavy (non-hydrogen) atoms. The maximum atomic E-state index is 12.2. The minimum absolute atomic E-state index is 0.0372. The topological polar surface area (TPSA) is 66.4 Å². The van der Waals surface area contributed by atoms with Gasteiger partial charge < -0.3 is 10.4 Å². The smallest absolute Gasteiger partial charge is 0.335 e. The van der Waals surface area contributed by atoms with Gasteiger partial charge in [0, 0.05) is 0 Å². The molecular weight excluding hydrogens is 278 g/mol. The van der Waals surface area contributed by atoms with Crippen LogP contribution in [0.3, 0.4) is 0 Å². The Kier molecular flexibility index (Phi) is 3.92. The third kappa shape index (κ3) is 3.01. The van der Waals surface area contributed by atoms with Gasteiger partial charge in [-0.05, 0) is 41.7 Å². The Morgan fingerprint density at radius 2 is 1.91 bits per heavy atom. The molecule has 1 atom stereocenters. The van der Waals surface area contributed by atoms with Gasteiger partial charge in [0.05, 0.1) is 18.0 Å². The molecule has 0 fully saturated rings. The van der Waals surface area contributed by atoms with Crippen LogP contribution in [0.2, 0.25) is 0 Å². The van der Waals surface area contributed by atoms with Gasteiger partial charge in [0.1, 0.15) is 0 Å². The van der Waals surface area contributed by atoms with Crippen LogP contribution in [0.25, 0.3) is 0 Å². The lowest BCUT2D eigenvalue weighted by Gasteiger charge is -2.14. The lowest BCUT2D eigenvalue weighted by molar-refractivity contribution is -0.121. The fourth-order valence-electron chi connectivity index (χ4n) is 2.91. The zero-order valence-electron chi connectivity index (χ0n) is 12.1. The molecule has 0 aromatic heterocycles. The SMILES string of the molecule is O=C(Cc1ccccc1)N[C@@H]1CCc2ccc(C(=O)O)cc21. The lowest BCUT2D eigenvalue weighted by Crippen LogP contribution is -2.28. The van der Waals surface area contributed by atoms with E-state index in [0.29, 0.717) is 6.42 Å². The van der Waals surface area contributed by atoms with Gasteiger partial charge in [0.2, 0.25) is 5.91 Å². The summed E-state index contributed by atoms with van der Waals surface area (Å²) in [6, 6.07) is 14.6. The summed E-state index contributed by atoms with van der Waals surface area (Å²) in [7, 11) is 0. The Labute approximate surface area is 128 Å². The Morgan fingerprint density at radius 3 is 2.64 bits per heavy atom. The van der Waals surface area contributed by atoms with Crippen LogP contribution in [0.15, 0.2) is 48.5 Å². The van der Waals surface area contributed by atoms with Crippen molar-refractivity contribution in [2.24, 2.45) is 0 Å². The second-order valence-corrected chi connectivity index (χ2v) is 5.54. The van der Waals surface area contributed by atoms with Crippen LogP contribution < -0.4 is 5.32 Å². The van der Waals surface area contributed by atoms with Gasteiger partial charge >= 0.3 is 5.97 Å². The number of carboxylic acids is 1. The van der Waals surface area contributed by atoms with Crippen molar-refractivity contribution in [3.63, 3.8) is 0 Å². The molecule has 112 valence electrons. The molecule has 3 rings (SSSR count). The number of hydrogen-bond donors (Lipinski definition) is 2. The van der Waals surface area contributed by atoms with E-state index in [0.717, 1.165) is 29.5 Å². The number of amides is 1. The maximum Gasteiger partial charge on any atom is 0.335 e. The first kappa shape index (κ1) is 14.3. The fraction of sp³-hybridized carbons (Fsp3) is 0.222. The summed E-state index contributed by atoms with van der Waals surface area (Å²) < 4.78 is 0. The molecule has 2 aromatic rings. The summed E-state index contributed by atoms with van der Waals surface area (Å²) in [5, 5.41) is 12.1. The predicted octanol–water partition coefficient (Wildman–Crippen LogP) is 2.73. The third-order valence-electron chi connectivity index (χ3n) is 4.01. The molecule has 1 amide bonds. The summed E-state index contributed by atoms with van der Waals surface area (Å²) in [5.74, 6) is -0.978. The Bertz CT molecular complexity index is 710. The van der Waals surface area contributed by atoms with Gasteiger partial charge in [-0.3, -0.25) is 4.79 Å². The van der Waals surface area contributed by atoms with Crippen LogP contribution in [0.5, 0.6) is 0 Å². The molecule has 0 heterocycles. The van der Waals surface area contributed by atoms with Gasteiger partial charge in [-0.1, -0.05) is 36.4 Å². The predicted molar refractivity (Wildman–Crippen MR) is 82.8 cm³/mol. The molecule has 0 spiro atoms. The number of aromatic carboxylic acids is 1. The molecule has 0 saturated carbocycles. The molecule has 0 saturated heterocycles. The van der Waals surface area contributed by atoms with Gasteiger partial charge in [0.25, 0.3) is 0 Å². The van der Waals surface area contributed by atoms with E-state index in [1.807, 2.05) is 36.4 Å². The summed E-state index contributed by atoms with van der Waals surface area (Å²) in [6.45, 7) is 0. The van der Waals surface area contributed by atoms with Crippen molar-refractivity contribution in [1.29, 1.82) is 0 Å². The van der Waals surface area contributed by atoms with E-state index in [1.165, 1.54) is 0 Å². The minimum Gasteiger partial charge on any atom is -0.478 e. The van der Waals surface area contributed by atoms with E-state index < -0.39 is 5.97 Å². The summed E-state index contributed by atoms with van der Waals surface area (Å²) in [6.07, 6.45) is 2.02. The summed E-state index contributed by atoms with van der Waals surface area (Å²) >= 11 is 0. The molecular formula is C18H17NO3. The lowest BCUT2D eigenvalue weighted by atomic mass is 10.0. The standard InChI is InChI=1S/C18H17NO3/c20-17(10-12-4-2-1-3-5-12)19-16-9-8-13-6-7-14(18(21)22)11-15(13)16/h1-7,11,16H,8-10H2,(H,19,20)(H,21,22)/t16-/m1/s1. The molecule has 0 radical (unpaired) electrons. The van der Waals surface area contributed by atoms with Crippen molar-refractivity contribution < 1.29 is 14.7 Å². The van der Waals surface area contributed by atoms with Crippen LogP contribution >= 0.6 is 0 Å². The largest absolute Gasteiger partial charge is 0.478 e. The van der Waals surface area contributed by atoms with Crippen LogP contribution in [-0.4, -0.2) is 17.0 Å². The van der Waals surface area contributed by atoms with Crippen LogP contribution in [0, 0.1) is 0 Å². The zero-order valence-corrected chi connectivity index (χ0v) is 12.1. The first-order valence-corrected chi connectivity index (χ1v) is 7.33. The Balaban J connectivity index is 1.72. The van der Waals surface area contributed by atoms with Crippen molar-refractivity contribution in [2.75, 3.05) is 0 Å². The molecule has 2 N–H and O–H groups in total. The van der Waals surface area contributed by atoms with Gasteiger partial charge in [-0.25, -0.2) is 4.79 Å². The van der Waals surface area contributed by atoms with Crippen molar-refractivity contribution in [3.05, 3.63) is 70.8 Å². The van der Waals surface area contributed by atoms with E-state index in [-0.39, 0.29) is 17.5 Å². The number of hydrogen-bond acceptors (Lipinski definition) is 2. The second kappa shape index (κ2) is 6.02. The van der Waals surface area contributed by atoms with Crippen LogP contribution in [0.4, 0.5) is 0 Å². The first-order chi connectivity index (χ1) is 10.6. The Hall–Kier alpha value is -2.62. The average molecular weight is 295 g/mol. The minimum atomic E-state index is -0.941. The van der Waals surface area contributed by atoms with Crippen molar-refractivity contribution >= 4 is 11.9 Å². The molecule has 0 bridgehead atoms. The number of nitrogens with one attached hydrogen (secondary N) is 1. The molecule has 1 aliphatic carbocycles. The summed E-state index contributed by atoms with van der Waals surface area (Å²) in [5.41, 5.74) is 3.29. The van der Waals surface area contributed by atoms with Crippen molar-refractivity contribution in [1.82, 2.24) is 5.32 Å². The average Bonchev–Trinajstić information content (AvgIpc) is 2.90. The van der Waals surface area contributed by atoms with Gasteiger partial charge in [0.15, 0.2) is 0 Å². The summed E-state index contributed by atoms with van der Waals surface area (Å²) in [4.78, 5) is 23.3. The number of rotatable bonds is 4. The zero-order chi connectivity index (χ0) is 15.5. The van der Waals surface area contributed by atoms with E-state index in [4.69, 9.17) is 5.11 Å². The van der Waals surface area contributed by atoms with E-state index in [9.17, 15) is 9.59 Å². The molecule has 1 aliphatic rings. The highest BCUT2D eigenvalue weighted by molar-refractivity contribution is 5.88. The third-order valence-corrected chi connectivity index (χ3v) is 4.01. The second-order valence-electron chi connectivity index (χ2n) is 5.54. The highest BCUT2D eigenvalue weighted by Crippen LogP contribution is 2.31. The molecule has 4 nitrogen and oxygen atoms in total. The van der Waals surface area contributed by atoms with Crippen LogP contribution in [0.1, 0.15) is 39.5 Å². The number of carbonyl (C=O) groups excluding carboxylic acids is 1. The number of fused-ring (bicyclic) bond motifs is 1. The monoisotopic (exact) mass is 295 g/mol. The van der Waals surface area contributed by atoms with E-state index >= 15 is 0 Å². The van der Waals surface area contributed by atoms with Gasteiger partial charge in [-0.15, -0.1) is 0 Å². The van der Waals surface area contributed by atoms with Crippen molar-refractivity contribution in [2.45, 2.75) is 25.3 Å². The van der Waals surface area contributed by atoms with E-state index in [2.05, 4.69) is 5.32 Å². The number of benzene rings is 2. The number of carboxylic acid groups (broad SMARTS) is 1. The number of aryl methyl sites for hydroxylation is 1.